The average molecular weight is 397 g/mol. The van der Waals surface area contributed by atoms with Gasteiger partial charge in [-0.15, -0.1) is 0 Å². The summed E-state index contributed by atoms with van der Waals surface area (Å²) in [4.78, 5) is 22.4. The molecule has 1 aromatic rings. The Morgan fingerprint density at radius 1 is 1.07 bits per heavy atom. The van der Waals surface area contributed by atoms with Crippen molar-refractivity contribution in [2.75, 3.05) is 26.2 Å². The van der Waals surface area contributed by atoms with Gasteiger partial charge in [-0.1, -0.05) is 6.07 Å². The van der Waals surface area contributed by atoms with Gasteiger partial charge in [0.25, 0.3) is 0 Å². The van der Waals surface area contributed by atoms with Crippen molar-refractivity contribution in [2.24, 2.45) is 17.8 Å². The Hall–Kier alpha value is -1.46. The Kier molecular flexibility index (Phi) is 5.87. The summed E-state index contributed by atoms with van der Waals surface area (Å²) in [6, 6.07) is 5.34. The van der Waals surface area contributed by atoms with E-state index in [9.17, 15) is 4.79 Å². The van der Waals surface area contributed by atoms with Crippen LogP contribution in [0.1, 0.15) is 56.9 Å². The molecule has 0 aromatic carbocycles. The maximum Gasteiger partial charge on any atom is 0.224 e. The number of piperidine rings is 2. The maximum absolute atomic E-state index is 13.0. The van der Waals surface area contributed by atoms with Crippen LogP contribution in [0, 0.1) is 17.8 Å². The molecule has 29 heavy (non-hydrogen) atoms. The number of hydrogen-bond donors (Lipinski definition) is 1. The monoisotopic (exact) mass is 396 g/mol. The Morgan fingerprint density at radius 2 is 1.83 bits per heavy atom. The first-order valence-electron chi connectivity index (χ1n) is 11.9. The number of carbonyl (C=O) groups excluding carboxylic acids is 1. The topological polar surface area (TPSA) is 48.5 Å². The Bertz CT molecular complexity index is 667. The molecule has 158 valence electrons. The molecule has 5 rings (SSSR count). The van der Waals surface area contributed by atoms with E-state index in [1.807, 2.05) is 18.5 Å². The number of rotatable bonds is 7. The summed E-state index contributed by atoms with van der Waals surface area (Å²) < 4.78 is 0. The maximum atomic E-state index is 13.0. The van der Waals surface area contributed by atoms with Crippen molar-refractivity contribution in [1.29, 1.82) is 0 Å². The van der Waals surface area contributed by atoms with Gasteiger partial charge in [0, 0.05) is 37.6 Å². The van der Waals surface area contributed by atoms with E-state index in [2.05, 4.69) is 26.2 Å². The summed E-state index contributed by atoms with van der Waals surface area (Å²) in [6.07, 6.45) is 13.8. The van der Waals surface area contributed by atoms with Crippen molar-refractivity contribution < 1.29 is 4.79 Å². The molecule has 2 aliphatic carbocycles. The highest BCUT2D eigenvalue weighted by atomic mass is 16.2. The van der Waals surface area contributed by atoms with Crippen LogP contribution in [-0.2, 0) is 11.3 Å². The summed E-state index contributed by atoms with van der Waals surface area (Å²) in [5.74, 6) is 2.13. The Morgan fingerprint density at radius 3 is 2.48 bits per heavy atom. The predicted octanol–water partition coefficient (Wildman–Crippen LogP) is 3.06. The molecular formula is C24H36N4O. The van der Waals surface area contributed by atoms with E-state index >= 15 is 0 Å². The van der Waals surface area contributed by atoms with Crippen LogP contribution in [0.15, 0.2) is 24.5 Å². The molecule has 5 nitrogen and oxygen atoms in total. The van der Waals surface area contributed by atoms with Gasteiger partial charge in [-0.2, -0.15) is 0 Å². The number of hydrogen-bond acceptors (Lipinski definition) is 4. The molecule has 0 spiro atoms. The van der Waals surface area contributed by atoms with Gasteiger partial charge in [-0.25, -0.2) is 0 Å². The SMILES string of the molecule is O=C(NC(C1CC1)C1CC1)[C@@H]1CCCN(C2CCN(Cc3cccnc3)CC2)C1. The molecule has 1 N–H and O–H groups in total. The summed E-state index contributed by atoms with van der Waals surface area (Å²) >= 11 is 0. The zero-order chi connectivity index (χ0) is 19.6. The second kappa shape index (κ2) is 8.73. The van der Waals surface area contributed by atoms with Crippen molar-refractivity contribution in [3.8, 4) is 0 Å². The van der Waals surface area contributed by atoms with Crippen molar-refractivity contribution in [1.82, 2.24) is 20.1 Å². The highest BCUT2D eigenvalue weighted by Gasteiger charge is 2.43. The van der Waals surface area contributed by atoms with Crippen LogP contribution in [0.2, 0.25) is 0 Å². The molecule has 0 unspecified atom stereocenters. The minimum Gasteiger partial charge on any atom is -0.353 e. The van der Waals surface area contributed by atoms with Gasteiger partial charge in [0.15, 0.2) is 0 Å². The third kappa shape index (κ3) is 5.00. The molecule has 0 radical (unpaired) electrons. The van der Waals surface area contributed by atoms with E-state index in [0.29, 0.717) is 18.0 Å². The van der Waals surface area contributed by atoms with Crippen molar-refractivity contribution in [3.63, 3.8) is 0 Å². The van der Waals surface area contributed by atoms with Crippen LogP contribution < -0.4 is 5.32 Å². The fraction of sp³-hybridized carbons (Fsp3) is 0.750. The summed E-state index contributed by atoms with van der Waals surface area (Å²) in [7, 11) is 0. The normalized spacial score (nSPS) is 27.3. The van der Waals surface area contributed by atoms with Gasteiger partial charge in [0.2, 0.25) is 5.91 Å². The number of nitrogens with zero attached hydrogens (tertiary/aromatic N) is 3. The minimum atomic E-state index is 0.206. The van der Waals surface area contributed by atoms with E-state index in [0.717, 1.165) is 44.4 Å². The van der Waals surface area contributed by atoms with Gasteiger partial charge in [0.1, 0.15) is 0 Å². The largest absolute Gasteiger partial charge is 0.353 e. The lowest BCUT2D eigenvalue weighted by molar-refractivity contribution is -0.128. The molecule has 1 aromatic heterocycles. The summed E-state index contributed by atoms with van der Waals surface area (Å²) in [6.45, 7) is 5.46. The van der Waals surface area contributed by atoms with Gasteiger partial charge in [-0.05, 0) is 94.5 Å². The average Bonchev–Trinajstić information content (AvgIpc) is 3.67. The number of likely N-dealkylation sites (tertiary alicyclic amines) is 2. The van der Waals surface area contributed by atoms with Crippen LogP contribution >= 0.6 is 0 Å². The molecule has 2 saturated carbocycles. The van der Waals surface area contributed by atoms with Gasteiger partial charge >= 0.3 is 0 Å². The summed E-state index contributed by atoms with van der Waals surface area (Å²) in [5, 5.41) is 3.49. The number of nitrogens with one attached hydrogen (secondary N) is 1. The van der Waals surface area contributed by atoms with E-state index in [-0.39, 0.29) is 5.92 Å². The second-order valence-corrected chi connectivity index (χ2v) is 9.91. The van der Waals surface area contributed by atoms with Gasteiger partial charge < -0.3 is 5.32 Å². The minimum absolute atomic E-state index is 0.206. The Labute approximate surface area is 175 Å². The zero-order valence-electron chi connectivity index (χ0n) is 17.6. The van der Waals surface area contributed by atoms with Crippen LogP contribution in [0.5, 0.6) is 0 Å². The Balaban J connectivity index is 1.10. The van der Waals surface area contributed by atoms with Gasteiger partial charge in [0.05, 0.1) is 5.92 Å². The molecular weight excluding hydrogens is 360 g/mol. The van der Waals surface area contributed by atoms with E-state index in [1.54, 1.807) is 0 Å². The molecule has 5 heteroatoms. The van der Waals surface area contributed by atoms with E-state index in [1.165, 1.54) is 57.1 Å². The highest BCUT2D eigenvalue weighted by Crippen LogP contribution is 2.44. The number of carbonyl (C=O) groups is 1. The first kappa shape index (κ1) is 19.5. The smallest absolute Gasteiger partial charge is 0.224 e. The molecule has 4 aliphatic rings. The fourth-order valence-electron chi connectivity index (χ4n) is 5.56. The quantitative estimate of drug-likeness (QED) is 0.770. The van der Waals surface area contributed by atoms with Gasteiger partial charge in [-0.3, -0.25) is 19.6 Å². The third-order valence-electron chi connectivity index (χ3n) is 7.59. The molecule has 1 amide bonds. The third-order valence-corrected chi connectivity index (χ3v) is 7.59. The predicted molar refractivity (Wildman–Crippen MR) is 114 cm³/mol. The molecule has 2 aliphatic heterocycles. The standard InChI is InChI=1S/C24H36N4O/c29-24(26-23(19-5-6-19)20-7-8-20)21-4-2-12-28(17-21)22-9-13-27(14-10-22)16-18-3-1-11-25-15-18/h1,3,11,15,19-23H,2,4-10,12-14,16-17H2,(H,26,29)/t21-/m1/s1. The molecule has 3 heterocycles. The molecule has 2 saturated heterocycles. The van der Waals surface area contributed by atoms with E-state index < -0.39 is 0 Å². The van der Waals surface area contributed by atoms with Crippen LogP contribution in [0.25, 0.3) is 0 Å². The fourth-order valence-corrected chi connectivity index (χ4v) is 5.56. The highest BCUT2D eigenvalue weighted by molar-refractivity contribution is 5.79. The first-order valence-corrected chi connectivity index (χ1v) is 11.9. The molecule has 0 bridgehead atoms. The number of amides is 1. The van der Waals surface area contributed by atoms with Crippen LogP contribution in [0.4, 0.5) is 0 Å². The lowest BCUT2D eigenvalue weighted by atomic mass is 9.92. The number of aromatic nitrogens is 1. The first-order chi connectivity index (χ1) is 14.3. The molecule has 4 fully saturated rings. The molecule has 1 atom stereocenters. The van der Waals surface area contributed by atoms with Crippen LogP contribution in [-0.4, -0.2) is 59.0 Å². The lowest BCUT2D eigenvalue weighted by Gasteiger charge is -2.42. The van der Waals surface area contributed by atoms with Crippen molar-refractivity contribution in [2.45, 2.75) is 70.0 Å². The van der Waals surface area contributed by atoms with Crippen molar-refractivity contribution in [3.05, 3.63) is 30.1 Å². The lowest BCUT2D eigenvalue weighted by Crippen LogP contribution is -2.52. The number of pyridine rings is 1. The van der Waals surface area contributed by atoms with Crippen molar-refractivity contribution >= 4 is 5.91 Å². The second-order valence-electron chi connectivity index (χ2n) is 9.91. The van der Waals surface area contributed by atoms with E-state index in [4.69, 9.17) is 0 Å². The van der Waals surface area contributed by atoms with Crippen LogP contribution in [0.3, 0.4) is 0 Å². The summed E-state index contributed by atoms with van der Waals surface area (Å²) in [5.41, 5.74) is 1.31. The zero-order valence-corrected chi connectivity index (χ0v) is 17.6.